The summed E-state index contributed by atoms with van der Waals surface area (Å²) in [6.07, 6.45) is -1.85. The number of para-hydroxylation sites is 1. The number of fused-ring (bicyclic) bond motifs is 2. The highest BCUT2D eigenvalue weighted by molar-refractivity contribution is 6.08. The third-order valence-corrected chi connectivity index (χ3v) is 5.76. The zero-order valence-electron chi connectivity index (χ0n) is 20.0. The minimum absolute atomic E-state index is 0.0533. The molecule has 0 unspecified atom stereocenters. The van der Waals surface area contributed by atoms with Gasteiger partial charge in [-0.25, -0.2) is 9.98 Å². The molecule has 0 bridgehead atoms. The van der Waals surface area contributed by atoms with E-state index in [4.69, 9.17) is 21.6 Å². The van der Waals surface area contributed by atoms with Crippen LogP contribution in [-0.2, 0) is 13.0 Å². The number of anilines is 1. The van der Waals surface area contributed by atoms with Gasteiger partial charge in [-0.05, 0) is 41.3 Å². The van der Waals surface area contributed by atoms with Crippen LogP contribution in [0.25, 0.3) is 16.5 Å². The van der Waals surface area contributed by atoms with Crippen molar-refractivity contribution in [3.8, 4) is 5.75 Å². The third kappa shape index (κ3) is 6.28. The quantitative estimate of drug-likeness (QED) is 0.326. The molecule has 5 N–H and O–H groups in total. The molecule has 1 aliphatic rings. The van der Waals surface area contributed by atoms with Gasteiger partial charge in [0.05, 0.1) is 13.7 Å². The van der Waals surface area contributed by atoms with E-state index in [0.717, 1.165) is 36.5 Å². The number of ether oxygens (including phenoxy) is 1. The number of methoxy groups -OCH3 is 1. The molecule has 0 saturated carbocycles. The average molecular weight is 511 g/mol. The lowest BCUT2D eigenvalue weighted by Crippen LogP contribution is -2.37. The van der Waals surface area contributed by atoms with Crippen molar-refractivity contribution in [3.05, 3.63) is 59.3 Å². The Bertz CT molecular complexity index is 1420. The molecule has 0 saturated heterocycles. The zero-order chi connectivity index (χ0) is 26.6. The van der Waals surface area contributed by atoms with Crippen molar-refractivity contribution < 1.29 is 17.9 Å². The van der Waals surface area contributed by atoms with Crippen LogP contribution in [0.15, 0.2) is 52.6 Å². The lowest BCUT2D eigenvalue weighted by molar-refractivity contribution is -0.0535. The Balaban J connectivity index is 1.54. The van der Waals surface area contributed by atoms with Crippen LogP contribution in [-0.4, -0.2) is 59.5 Å². The van der Waals surface area contributed by atoms with Gasteiger partial charge in [-0.15, -0.1) is 0 Å². The first-order valence-electron chi connectivity index (χ1n) is 11.3. The van der Waals surface area contributed by atoms with Gasteiger partial charge in [-0.3, -0.25) is 9.89 Å². The van der Waals surface area contributed by atoms with Crippen LogP contribution in [0.4, 0.5) is 24.9 Å². The first kappa shape index (κ1) is 25.8. The summed E-state index contributed by atoms with van der Waals surface area (Å²) in [5.74, 6) is 1.28. The molecule has 37 heavy (non-hydrogen) atoms. The lowest BCUT2D eigenvalue weighted by atomic mass is 9.95. The highest BCUT2D eigenvalue weighted by atomic mass is 19.4. The fourth-order valence-corrected chi connectivity index (χ4v) is 4.10. The summed E-state index contributed by atoms with van der Waals surface area (Å²) in [5, 5.41) is 8.25. The van der Waals surface area contributed by atoms with E-state index in [1.807, 2.05) is 18.2 Å². The lowest BCUT2D eigenvalue weighted by Gasteiger charge is -2.28. The minimum atomic E-state index is -4.52. The number of hydrogen-bond donors (Lipinski definition) is 3. The molecular formula is C25H25F3N8O. The van der Waals surface area contributed by atoms with Crippen molar-refractivity contribution in [2.45, 2.75) is 19.1 Å². The molecule has 1 aliphatic heterocycles. The molecule has 0 aliphatic carbocycles. The molecule has 0 atom stereocenters. The fourth-order valence-electron chi connectivity index (χ4n) is 4.10. The molecule has 192 valence electrons. The molecule has 3 aromatic rings. The molecule has 0 spiro atoms. The predicted octanol–water partition coefficient (Wildman–Crippen LogP) is 3.89. The Morgan fingerprint density at radius 3 is 2.76 bits per heavy atom. The summed E-state index contributed by atoms with van der Waals surface area (Å²) < 4.78 is 42.5. The van der Waals surface area contributed by atoms with Crippen LogP contribution in [0.1, 0.15) is 16.7 Å². The van der Waals surface area contributed by atoms with Crippen molar-refractivity contribution in [1.82, 2.24) is 14.9 Å². The number of hydrogen-bond acceptors (Lipinski definition) is 8. The zero-order valence-corrected chi connectivity index (χ0v) is 20.0. The number of alkyl halides is 3. The van der Waals surface area contributed by atoms with E-state index in [-0.39, 0.29) is 17.7 Å². The number of rotatable bonds is 7. The second kappa shape index (κ2) is 10.7. The maximum absolute atomic E-state index is 12.4. The van der Waals surface area contributed by atoms with Gasteiger partial charge in [0, 0.05) is 36.5 Å². The molecule has 4 rings (SSSR count). The molecule has 1 aromatic heterocycles. The van der Waals surface area contributed by atoms with E-state index < -0.39 is 6.18 Å². The number of benzene rings is 2. The van der Waals surface area contributed by atoms with Crippen molar-refractivity contribution in [2.75, 3.05) is 25.9 Å². The van der Waals surface area contributed by atoms with E-state index in [1.165, 1.54) is 0 Å². The molecule has 0 fully saturated rings. The largest absolute Gasteiger partial charge is 0.494 e. The van der Waals surface area contributed by atoms with Crippen molar-refractivity contribution in [2.24, 2.45) is 15.7 Å². The van der Waals surface area contributed by atoms with E-state index >= 15 is 0 Å². The number of aromatic nitrogens is 2. The highest BCUT2D eigenvalue weighted by Gasteiger charge is 2.23. The number of nitrogens with zero attached hydrogens (tertiary/aromatic N) is 5. The molecule has 0 radical (unpaired) electrons. The summed E-state index contributed by atoms with van der Waals surface area (Å²) >= 11 is 0. The Morgan fingerprint density at radius 2 is 2.03 bits per heavy atom. The minimum Gasteiger partial charge on any atom is -0.494 e. The molecular weight excluding hydrogens is 485 g/mol. The third-order valence-electron chi connectivity index (χ3n) is 5.76. The Kier molecular flexibility index (Phi) is 7.48. The van der Waals surface area contributed by atoms with Gasteiger partial charge in [0.1, 0.15) is 23.3 Å². The summed E-state index contributed by atoms with van der Waals surface area (Å²) in [4.78, 5) is 18.4. The first-order valence-corrected chi connectivity index (χ1v) is 11.3. The van der Waals surface area contributed by atoms with Gasteiger partial charge in [-0.2, -0.15) is 18.2 Å². The summed E-state index contributed by atoms with van der Waals surface area (Å²) in [7, 11) is 1.54. The number of halogens is 3. The summed E-state index contributed by atoms with van der Waals surface area (Å²) in [5.41, 5.74) is 15.7. The normalized spacial score (nSPS) is 15.2. The van der Waals surface area contributed by atoms with E-state index in [9.17, 15) is 13.2 Å². The number of nitrogens with two attached hydrogens (primary N) is 2. The van der Waals surface area contributed by atoms with Crippen LogP contribution >= 0.6 is 0 Å². The van der Waals surface area contributed by atoms with Crippen LogP contribution < -0.4 is 16.2 Å². The highest BCUT2D eigenvalue weighted by Crippen LogP contribution is 2.30. The summed E-state index contributed by atoms with van der Waals surface area (Å²) in [6.45, 7) is 1.66. The molecule has 12 heteroatoms. The monoisotopic (exact) mass is 510 g/mol. The van der Waals surface area contributed by atoms with Crippen LogP contribution in [0.3, 0.4) is 0 Å². The number of aliphatic imine (C=N–C) groups is 2. The van der Waals surface area contributed by atoms with Gasteiger partial charge < -0.3 is 21.6 Å². The molecule has 9 nitrogen and oxygen atoms in total. The van der Waals surface area contributed by atoms with E-state index in [0.29, 0.717) is 47.0 Å². The predicted molar refractivity (Wildman–Crippen MR) is 139 cm³/mol. The van der Waals surface area contributed by atoms with Gasteiger partial charge in [0.15, 0.2) is 5.82 Å². The Labute approximate surface area is 210 Å². The van der Waals surface area contributed by atoms with E-state index in [2.05, 4.69) is 24.9 Å². The smallest absolute Gasteiger partial charge is 0.426 e. The molecule has 0 amide bonds. The molecule has 2 aromatic carbocycles. The van der Waals surface area contributed by atoms with Crippen LogP contribution in [0.2, 0.25) is 0 Å². The number of allylic oxidation sites excluding steroid dienone is 1. The van der Waals surface area contributed by atoms with Gasteiger partial charge >= 0.3 is 6.18 Å². The van der Waals surface area contributed by atoms with Crippen LogP contribution in [0, 0.1) is 5.41 Å². The summed E-state index contributed by atoms with van der Waals surface area (Å²) in [6, 6.07) is 11.0. The number of amidine groups is 1. The second-order valence-corrected chi connectivity index (χ2v) is 8.36. The fraction of sp³-hybridized carbons (Fsp3) is 0.240. The van der Waals surface area contributed by atoms with Crippen LogP contribution in [0.5, 0.6) is 5.75 Å². The second-order valence-electron chi connectivity index (χ2n) is 8.36. The maximum atomic E-state index is 12.4. The first-order chi connectivity index (χ1) is 17.7. The molecule has 2 heterocycles. The Morgan fingerprint density at radius 1 is 1.22 bits per heavy atom. The number of nitrogens with one attached hydrogen (secondary N) is 1. The van der Waals surface area contributed by atoms with Gasteiger partial charge in [0.2, 0.25) is 5.95 Å². The van der Waals surface area contributed by atoms with Crippen molar-refractivity contribution >= 4 is 46.5 Å². The van der Waals surface area contributed by atoms with Gasteiger partial charge in [0.25, 0.3) is 0 Å². The van der Waals surface area contributed by atoms with Crippen molar-refractivity contribution in [1.29, 1.82) is 5.41 Å². The topological polar surface area (TPSA) is 139 Å². The number of nitrogen functional groups attached to an aromatic ring is 1. The van der Waals surface area contributed by atoms with Gasteiger partial charge in [-0.1, -0.05) is 18.2 Å². The maximum Gasteiger partial charge on any atom is 0.426 e. The Hall–Kier alpha value is -4.32. The average Bonchev–Trinajstić information content (AvgIpc) is 2.85. The standard InChI is InChI=1S/C25H25F3N8O/c1-37-20-4-2-3-19-22(20)34-24(31)35-23(19)33-21(30)13-36-8-7-15-5-6-16(9-17(15)12-36)18(10-29)11-32-14-25(26,27)28/h2-6,9-11,14,29H,7-8,12-13H2,1H3,(H4,30,31,33,34,35)/b18-11+,29-10?,32-14?. The SMILES string of the molecule is COc1cccc2c(N=C(N)CN3CCc4ccc(/C(C=N)=C/N=CC(F)(F)F)cc4C3)nc(N)nc12. The van der Waals surface area contributed by atoms with Crippen molar-refractivity contribution in [3.63, 3.8) is 0 Å². The van der Waals surface area contributed by atoms with E-state index in [1.54, 1.807) is 25.3 Å².